The van der Waals surface area contributed by atoms with Gasteiger partial charge in [-0.05, 0) is 19.9 Å². The molecular formula is C14H27N5O. The van der Waals surface area contributed by atoms with Crippen LogP contribution in [0, 0.1) is 0 Å². The predicted molar refractivity (Wildman–Crippen MR) is 79.3 cm³/mol. The SMILES string of the molecule is CC(N)C(c1cnn(C)c1)N1CCCN(CCO)CC1. The third kappa shape index (κ3) is 3.79. The van der Waals surface area contributed by atoms with Crippen LogP contribution in [0.2, 0.25) is 0 Å². The van der Waals surface area contributed by atoms with Gasteiger partial charge in [0.2, 0.25) is 0 Å². The van der Waals surface area contributed by atoms with Crippen molar-refractivity contribution in [2.24, 2.45) is 12.8 Å². The van der Waals surface area contributed by atoms with E-state index in [-0.39, 0.29) is 18.7 Å². The summed E-state index contributed by atoms with van der Waals surface area (Å²) in [4.78, 5) is 4.78. The van der Waals surface area contributed by atoms with Gasteiger partial charge in [0.25, 0.3) is 0 Å². The quantitative estimate of drug-likeness (QED) is 0.783. The van der Waals surface area contributed by atoms with Gasteiger partial charge in [-0.3, -0.25) is 14.5 Å². The molecule has 0 saturated carbocycles. The van der Waals surface area contributed by atoms with Crippen molar-refractivity contribution in [3.05, 3.63) is 18.0 Å². The van der Waals surface area contributed by atoms with Crippen molar-refractivity contribution >= 4 is 0 Å². The molecule has 6 nitrogen and oxygen atoms in total. The van der Waals surface area contributed by atoms with Gasteiger partial charge in [-0.2, -0.15) is 5.10 Å². The fourth-order valence-corrected chi connectivity index (χ4v) is 3.07. The number of aliphatic hydroxyl groups excluding tert-OH is 1. The molecule has 0 aromatic carbocycles. The van der Waals surface area contributed by atoms with Gasteiger partial charge < -0.3 is 10.8 Å². The van der Waals surface area contributed by atoms with Crippen LogP contribution in [0.5, 0.6) is 0 Å². The summed E-state index contributed by atoms with van der Waals surface area (Å²) in [6.07, 6.45) is 5.10. The van der Waals surface area contributed by atoms with Crippen molar-refractivity contribution in [1.82, 2.24) is 19.6 Å². The Labute approximate surface area is 121 Å². The minimum atomic E-state index is 0.0728. The molecule has 1 aliphatic rings. The average Bonchev–Trinajstić information content (AvgIpc) is 2.68. The average molecular weight is 281 g/mol. The predicted octanol–water partition coefficient (Wildman–Crippen LogP) is -0.192. The summed E-state index contributed by atoms with van der Waals surface area (Å²) in [5.74, 6) is 0. The third-order valence-electron chi connectivity index (χ3n) is 4.00. The van der Waals surface area contributed by atoms with Crippen molar-refractivity contribution in [2.75, 3.05) is 39.3 Å². The van der Waals surface area contributed by atoms with Crippen LogP contribution in [0.1, 0.15) is 24.9 Å². The Morgan fingerprint density at radius 3 is 2.75 bits per heavy atom. The lowest BCUT2D eigenvalue weighted by Crippen LogP contribution is -2.41. The molecule has 1 fully saturated rings. The fourth-order valence-electron chi connectivity index (χ4n) is 3.07. The second-order valence-electron chi connectivity index (χ2n) is 5.71. The van der Waals surface area contributed by atoms with Crippen LogP contribution in [0.4, 0.5) is 0 Å². The van der Waals surface area contributed by atoms with E-state index >= 15 is 0 Å². The first-order valence-corrected chi connectivity index (χ1v) is 7.43. The summed E-state index contributed by atoms with van der Waals surface area (Å²) in [7, 11) is 1.94. The second-order valence-corrected chi connectivity index (χ2v) is 5.71. The van der Waals surface area contributed by atoms with Crippen molar-refractivity contribution in [2.45, 2.75) is 25.4 Å². The van der Waals surface area contributed by atoms with Crippen LogP contribution in [-0.2, 0) is 7.05 Å². The van der Waals surface area contributed by atoms with Gasteiger partial charge in [-0.1, -0.05) is 0 Å². The molecule has 1 aliphatic heterocycles. The van der Waals surface area contributed by atoms with Crippen molar-refractivity contribution < 1.29 is 5.11 Å². The number of aromatic nitrogens is 2. The Morgan fingerprint density at radius 2 is 2.15 bits per heavy atom. The van der Waals surface area contributed by atoms with Gasteiger partial charge in [0, 0.05) is 51.0 Å². The zero-order valence-corrected chi connectivity index (χ0v) is 12.6. The van der Waals surface area contributed by atoms with E-state index in [1.807, 2.05) is 17.9 Å². The maximum absolute atomic E-state index is 9.07. The maximum Gasteiger partial charge on any atom is 0.0558 e. The molecule has 1 aromatic rings. The molecule has 3 N–H and O–H groups in total. The first-order valence-electron chi connectivity index (χ1n) is 7.43. The summed E-state index contributed by atoms with van der Waals surface area (Å²) in [5, 5.41) is 13.3. The number of hydrogen-bond acceptors (Lipinski definition) is 5. The zero-order chi connectivity index (χ0) is 14.5. The lowest BCUT2D eigenvalue weighted by atomic mass is 10.0. The second kappa shape index (κ2) is 7.17. The van der Waals surface area contributed by atoms with Crippen molar-refractivity contribution in [1.29, 1.82) is 0 Å². The molecule has 0 radical (unpaired) electrons. The smallest absolute Gasteiger partial charge is 0.0558 e. The number of nitrogens with two attached hydrogens (primary N) is 1. The van der Waals surface area contributed by atoms with Gasteiger partial charge in [0.15, 0.2) is 0 Å². The van der Waals surface area contributed by atoms with Gasteiger partial charge in [0.05, 0.1) is 18.8 Å². The van der Waals surface area contributed by atoms with E-state index in [0.717, 1.165) is 39.1 Å². The number of rotatable bonds is 5. The lowest BCUT2D eigenvalue weighted by molar-refractivity contribution is 0.169. The number of nitrogens with zero attached hydrogens (tertiary/aromatic N) is 4. The Bertz CT molecular complexity index is 406. The van der Waals surface area contributed by atoms with E-state index in [1.54, 1.807) is 0 Å². The molecule has 1 saturated heterocycles. The van der Waals surface area contributed by atoms with Crippen molar-refractivity contribution in [3.8, 4) is 0 Å². The minimum Gasteiger partial charge on any atom is -0.395 e. The molecule has 0 bridgehead atoms. The number of β-amino-alcohol motifs (C(OH)–C–C–N with tert-alkyl or cyclic N) is 1. The van der Waals surface area contributed by atoms with Gasteiger partial charge in [-0.15, -0.1) is 0 Å². The summed E-state index contributed by atoms with van der Waals surface area (Å²) >= 11 is 0. The topological polar surface area (TPSA) is 70.5 Å². The highest BCUT2D eigenvalue weighted by Crippen LogP contribution is 2.24. The first kappa shape index (κ1) is 15.4. The summed E-state index contributed by atoms with van der Waals surface area (Å²) in [5.41, 5.74) is 7.41. The fraction of sp³-hybridized carbons (Fsp3) is 0.786. The Hall–Kier alpha value is -0.950. The highest BCUT2D eigenvalue weighted by Gasteiger charge is 2.27. The molecule has 6 heteroatoms. The third-order valence-corrected chi connectivity index (χ3v) is 4.00. The lowest BCUT2D eigenvalue weighted by Gasteiger charge is -2.32. The number of hydrogen-bond donors (Lipinski definition) is 2. The molecule has 1 aromatic heterocycles. The Morgan fingerprint density at radius 1 is 1.35 bits per heavy atom. The molecule has 114 valence electrons. The summed E-state index contributed by atoms with van der Waals surface area (Å²) < 4.78 is 1.83. The molecule has 20 heavy (non-hydrogen) atoms. The number of aliphatic hydroxyl groups is 1. The molecule has 0 amide bonds. The van der Waals surface area contributed by atoms with Crippen LogP contribution < -0.4 is 5.73 Å². The van der Waals surface area contributed by atoms with Crippen LogP contribution in [0.25, 0.3) is 0 Å². The normalized spacial score (nSPS) is 21.6. The molecular weight excluding hydrogens is 254 g/mol. The maximum atomic E-state index is 9.07. The summed E-state index contributed by atoms with van der Waals surface area (Å²) in [6.45, 7) is 7.14. The van der Waals surface area contributed by atoms with E-state index in [2.05, 4.69) is 28.0 Å². The van der Waals surface area contributed by atoms with Crippen molar-refractivity contribution in [3.63, 3.8) is 0 Å². The first-order chi connectivity index (χ1) is 9.61. The molecule has 2 heterocycles. The van der Waals surface area contributed by atoms with Gasteiger partial charge >= 0.3 is 0 Å². The molecule has 2 atom stereocenters. The minimum absolute atomic E-state index is 0.0728. The molecule has 0 aliphatic carbocycles. The Balaban J connectivity index is 2.06. The van der Waals surface area contributed by atoms with Gasteiger partial charge in [0.1, 0.15) is 0 Å². The molecule has 0 spiro atoms. The van der Waals surface area contributed by atoms with E-state index in [4.69, 9.17) is 10.8 Å². The monoisotopic (exact) mass is 281 g/mol. The van der Waals surface area contributed by atoms with Crippen LogP contribution in [0.15, 0.2) is 12.4 Å². The van der Waals surface area contributed by atoms with E-state index in [9.17, 15) is 0 Å². The van der Waals surface area contributed by atoms with Crippen LogP contribution >= 0.6 is 0 Å². The van der Waals surface area contributed by atoms with Crippen LogP contribution in [-0.4, -0.2) is 70.1 Å². The zero-order valence-electron chi connectivity index (χ0n) is 12.6. The highest BCUT2D eigenvalue weighted by molar-refractivity contribution is 5.13. The van der Waals surface area contributed by atoms with Gasteiger partial charge in [-0.25, -0.2) is 0 Å². The van der Waals surface area contributed by atoms with E-state index in [0.29, 0.717) is 0 Å². The van der Waals surface area contributed by atoms with E-state index < -0.39 is 0 Å². The largest absolute Gasteiger partial charge is 0.395 e. The highest BCUT2D eigenvalue weighted by atomic mass is 16.3. The van der Waals surface area contributed by atoms with Crippen LogP contribution in [0.3, 0.4) is 0 Å². The molecule has 2 rings (SSSR count). The standard InChI is InChI=1S/C14H27N5O/c1-12(15)14(13-10-16-17(2)11-13)19-5-3-4-18(6-7-19)8-9-20/h10-12,14,20H,3-9,15H2,1-2H3. The number of aryl methyl sites for hydroxylation is 1. The summed E-state index contributed by atoms with van der Waals surface area (Å²) in [6, 6.07) is 0.293. The van der Waals surface area contributed by atoms with E-state index in [1.165, 1.54) is 5.56 Å². The Kier molecular flexibility index (Phi) is 5.54. The molecule has 2 unspecified atom stereocenters.